The Morgan fingerprint density at radius 3 is 1.78 bits per heavy atom. The fraction of sp³-hybridized carbons (Fsp3) is 1.00. The van der Waals surface area contributed by atoms with Crippen molar-refractivity contribution in [1.82, 2.24) is 10.4 Å². The number of nitrogens with zero attached hydrogens (tertiary/aromatic N) is 1. The minimum Gasteiger partial charge on any atom is -0.258 e. The predicted molar refractivity (Wildman–Crippen MR) is 41.2 cm³/mol. The third-order valence-corrected chi connectivity index (χ3v) is 1.40. The number of hydrogen-bond donors (Lipinski definition) is 1. The molecular weight excluding hydrogens is 112 g/mol. The van der Waals surface area contributed by atoms with E-state index in [9.17, 15) is 0 Å². The van der Waals surface area contributed by atoms with Crippen molar-refractivity contribution in [2.45, 2.75) is 33.2 Å². The summed E-state index contributed by atoms with van der Waals surface area (Å²) in [5.41, 5.74) is 3.36. The summed E-state index contributed by atoms with van der Waals surface area (Å²) in [5.74, 6) is 0. The zero-order valence-electron chi connectivity index (χ0n) is 7.15. The number of hydrazine groups is 1. The first-order valence-electron chi connectivity index (χ1n) is 3.47. The molecule has 0 bridgehead atoms. The molecule has 0 atom stereocenters. The first kappa shape index (κ1) is 8.92. The fourth-order valence-electron chi connectivity index (χ4n) is 0.968. The molecule has 56 valence electrons. The van der Waals surface area contributed by atoms with Gasteiger partial charge in [0, 0.05) is 12.1 Å². The van der Waals surface area contributed by atoms with Crippen LogP contribution in [0.25, 0.3) is 0 Å². The van der Waals surface area contributed by atoms with Gasteiger partial charge in [-0.05, 0) is 27.8 Å². The van der Waals surface area contributed by atoms with Gasteiger partial charge in [0.25, 0.3) is 0 Å². The Hall–Kier alpha value is -0.0800. The highest BCUT2D eigenvalue weighted by atomic mass is 15.5. The Morgan fingerprint density at radius 1 is 1.33 bits per heavy atom. The molecule has 0 spiro atoms. The van der Waals surface area contributed by atoms with Crippen LogP contribution < -0.4 is 5.43 Å². The number of hydrogen-bond acceptors (Lipinski definition) is 2. The average Bonchev–Trinajstić information content (AvgIpc) is 1.65. The lowest BCUT2D eigenvalue weighted by Crippen LogP contribution is -2.48. The molecule has 0 saturated heterocycles. The topological polar surface area (TPSA) is 15.3 Å². The van der Waals surface area contributed by atoms with Gasteiger partial charge in [-0.25, -0.2) is 5.01 Å². The van der Waals surface area contributed by atoms with Gasteiger partial charge >= 0.3 is 0 Å². The number of nitrogens with one attached hydrogen (secondary N) is 1. The van der Waals surface area contributed by atoms with Crippen molar-refractivity contribution in [3.05, 3.63) is 0 Å². The maximum absolute atomic E-state index is 3.12. The van der Waals surface area contributed by atoms with Crippen LogP contribution >= 0.6 is 0 Å². The third kappa shape index (κ3) is 2.82. The van der Waals surface area contributed by atoms with Crippen molar-refractivity contribution < 1.29 is 0 Å². The van der Waals surface area contributed by atoms with Gasteiger partial charge in [0.2, 0.25) is 0 Å². The molecule has 0 aromatic heterocycles. The summed E-state index contributed by atoms with van der Waals surface area (Å²) >= 11 is 0. The Balaban J connectivity index is 3.79. The minimum atomic E-state index is 0.240. The van der Waals surface area contributed by atoms with E-state index in [-0.39, 0.29) is 5.54 Å². The van der Waals surface area contributed by atoms with E-state index in [0.29, 0.717) is 0 Å². The Bertz CT molecular complexity index is 69.5. The lowest BCUT2D eigenvalue weighted by Gasteiger charge is -2.33. The van der Waals surface area contributed by atoms with Crippen LogP contribution in [0.1, 0.15) is 27.7 Å². The third-order valence-electron chi connectivity index (χ3n) is 1.40. The molecule has 0 saturated carbocycles. The fourth-order valence-corrected chi connectivity index (χ4v) is 0.968. The van der Waals surface area contributed by atoms with Crippen molar-refractivity contribution in [2.75, 3.05) is 13.6 Å². The Morgan fingerprint density at radius 2 is 1.78 bits per heavy atom. The minimum absolute atomic E-state index is 0.240. The highest BCUT2D eigenvalue weighted by molar-refractivity contribution is 4.70. The highest BCUT2D eigenvalue weighted by Crippen LogP contribution is 2.07. The van der Waals surface area contributed by atoms with E-state index in [4.69, 9.17) is 0 Å². The molecule has 2 heteroatoms. The monoisotopic (exact) mass is 130 g/mol. The van der Waals surface area contributed by atoms with Gasteiger partial charge in [-0.15, -0.1) is 0 Å². The second-order valence-corrected chi connectivity index (χ2v) is 3.14. The van der Waals surface area contributed by atoms with Crippen LogP contribution in [-0.2, 0) is 0 Å². The molecule has 9 heavy (non-hydrogen) atoms. The van der Waals surface area contributed by atoms with E-state index in [1.165, 1.54) is 0 Å². The summed E-state index contributed by atoms with van der Waals surface area (Å²) in [6.07, 6.45) is 0. The Labute approximate surface area is 58.2 Å². The van der Waals surface area contributed by atoms with Gasteiger partial charge in [-0.3, -0.25) is 5.43 Å². The van der Waals surface area contributed by atoms with E-state index in [1.807, 2.05) is 7.05 Å². The van der Waals surface area contributed by atoms with Crippen molar-refractivity contribution in [2.24, 2.45) is 0 Å². The molecule has 0 radical (unpaired) electrons. The molecule has 0 aromatic rings. The first-order valence-corrected chi connectivity index (χ1v) is 3.47. The molecule has 2 nitrogen and oxygen atoms in total. The summed E-state index contributed by atoms with van der Waals surface area (Å²) in [7, 11) is 1.95. The van der Waals surface area contributed by atoms with Gasteiger partial charge < -0.3 is 0 Å². The molecule has 0 unspecified atom stereocenters. The van der Waals surface area contributed by atoms with Gasteiger partial charge in [-0.2, -0.15) is 0 Å². The van der Waals surface area contributed by atoms with Crippen molar-refractivity contribution in [1.29, 1.82) is 0 Å². The number of rotatable bonds is 2. The molecule has 1 N–H and O–H groups in total. The van der Waals surface area contributed by atoms with Gasteiger partial charge in [0.1, 0.15) is 0 Å². The Kier molecular flexibility index (Phi) is 3.15. The van der Waals surface area contributed by atoms with Crippen LogP contribution in [0, 0.1) is 0 Å². The van der Waals surface area contributed by atoms with E-state index in [2.05, 4.69) is 38.1 Å². The summed E-state index contributed by atoms with van der Waals surface area (Å²) in [4.78, 5) is 0. The zero-order chi connectivity index (χ0) is 7.49. The van der Waals surface area contributed by atoms with Gasteiger partial charge in [0.15, 0.2) is 0 Å². The summed E-state index contributed by atoms with van der Waals surface area (Å²) in [6, 6.07) is 0. The molecule has 0 aromatic carbocycles. The molecule has 0 aliphatic heterocycles. The second-order valence-electron chi connectivity index (χ2n) is 3.14. The molecular formula is C7H18N2. The van der Waals surface area contributed by atoms with E-state index >= 15 is 0 Å². The maximum atomic E-state index is 3.12. The van der Waals surface area contributed by atoms with Crippen molar-refractivity contribution >= 4 is 0 Å². The normalized spacial score (nSPS) is 12.7. The van der Waals surface area contributed by atoms with Gasteiger partial charge in [0.05, 0.1) is 0 Å². The van der Waals surface area contributed by atoms with E-state index < -0.39 is 0 Å². The van der Waals surface area contributed by atoms with Crippen LogP contribution in [-0.4, -0.2) is 24.1 Å². The zero-order valence-corrected chi connectivity index (χ0v) is 7.15. The lowest BCUT2D eigenvalue weighted by molar-refractivity contribution is 0.0926. The van der Waals surface area contributed by atoms with Crippen molar-refractivity contribution in [3.8, 4) is 0 Å². The van der Waals surface area contributed by atoms with Crippen LogP contribution in [0.2, 0.25) is 0 Å². The van der Waals surface area contributed by atoms with Crippen LogP contribution in [0.15, 0.2) is 0 Å². The second kappa shape index (κ2) is 3.18. The SMILES string of the molecule is CCN(NC)C(C)(C)C. The molecule has 0 amide bonds. The summed E-state index contributed by atoms with van der Waals surface area (Å²) < 4.78 is 0. The predicted octanol–water partition coefficient (Wildman–Crippen LogP) is 1.24. The quantitative estimate of drug-likeness (QED) is 0.566. The molecule has 0 aliphatic carbocycles. The van der Waals surface area contributed by atoms with Crippen molar-refractivity contribution in [3.63, 3.8) is 0 Å². The smallest absolute Gasteiger partial charge is 0.0269 e. The maximum Gasteiger partial charge on any atom is 0.0269 e. The average molecular weight is 130 g/mol. The van der Waals surface area contributed by atoms with Crippen LogP contribution in [0.3, 0.4) is 0 Å². The summed E-state index contributed by atoms with van der Waals surface area (Å²) in [5, 5.41) is 2.19. The molecule has 0 heterocycles. The van der Waals surface area contributed by atoms with Crippen LogP contribution in [0.4, 0.5) is 0 Å². The molecule has 0 aliphatic rings. The largest absolute Gasteiger partial charge is 0.258 e. The lowest BCUT2D eigenvalue weighted by atomic mass is 10.1. The first-order chi connectivity index (χ1) is 4.02. The van der Waals surface area contributed by atoms with Crippen LogP contribution in [0.5, 0.6) is 0 Å². The van der Waals surface area contributed by atoms with E-state index in [1.54, 1.807) is 0 Å². The van der Waals surface area contributed by atoms with E-state index in [0.717, 1.165) is 6.54 Å². The molecule has 0 rings (SSSR count). The van der Waals surface area contributed by atoms with Gasteiger partial charge in [-0.1, -0.05) is 6.92 Å². The summed E-state index contributed by atoms with van der Waals surface area (Å²) in [6.45, 7) is 9.74. The molecule has 0 fully saturated rings. The standard InChI is InChI=1S/C7H18N2/c1-6-9(8-5)7(2,3)4/h8H,6H2,1-5H3. The highest BCUT2D eigenvalue weighted by Gasteiger charge is 2.16.